The first kappa shape index (κ1) is 25.0. The molecule has 0 saturated heterocycles. The Bertz CT molecular complexity index is 768. The summed E-state index contributed by atoms with van der Waals surface area (Å²) in [5, 5.41) is 6.77. The Kier molecular flexibility index (Phi) is 11.5. The molecule has 2 aromatic carbocycles. The molecule has 0 spiro atoms. The standard InChI is InChI=1S/C22H32N4O2.HI/c1-6-23-22(24-15-17-11-7-9-13-20(17)27-4)25-16-19(26(2)3)18-12-8-10-14-21(18)28-5;/h7-14,19H,6,15-16H2,1-5H3,(H2,23,24,25);1H. The van der Waals surface area contributed by atoms with Crippen molar-refractivity contribution in [3.8, 4) is 11.5 Å². The molecule has 0 saturated carbocycles. The molecule has 2 rings (SSSR count). The third-order valence-electron chi connectivity index (χ3n) is 4.53. The summed E-state index contributed by atoms with van der Waals surface area (Å²) < 4.78 is 11.0. The molecule has 2 aromatic rings. The molecular formula is C22H33IN4O2. The fourth-order valence-corrected chi connectivity index (χ4v) is 3.05. The number of halogens is 1. The second kappa shape index (κ2) is 13.3. The number of guanidine groups is 1. The summed E-state index contributed by atoms with van der Waals surface area (Å²) in [6, 6.07) is 16.2. The van der Waals surface area contributed by atoms with Crippen molar-refractivity contribution in [2.75, 3.05) is 41.4 Å². The third kappa shape index (κ3) is 7.40. The van der Waals surface area contributed by atoms with Crippen molar-refractivity contribution < 1.29 is 9.47 Å². The summed E-state index contributed by atoms with van der Waals surface area (Å²) in [4.78, 5) is 6.90. The molecule has 0 aromatic heterocycles. The Balaban J connectivity index is 0.00000420. The van der Waals surface area contributed by atoms with Crippen molar-refractivity contribution in [1.82, 2.24) is 15.5 Å². The van der Waals surface area contributed by atoms with Crippen molar-refractivity contribution >= 4 is 29.9 Å². The number of nitrogens with one attached hydrogen (secondary N) is 2. The molecule has 0 fully saturated rings. The van der Waals surface area contributed by atoms with Gasteiger partial charge in [0, 0.05) is 24.2 Å². The third-order valence-corrected chi connectivity index (χ3v) is 4.53. The Labute approximate surface area is 191 Å². The molecule has 0 aliphatic heterocycles. The van der Waals surface area contributed by atoms with Gasteiger partial charge in [-0.15, -0.1) is 24.0 Å². The van der Waals surface area contributed by atoms with E-state index in [0.717, 1.165) is 35.1 Å². The van der Waals surface area contributed by atoms with E-state index in [2.05, 4.69) is 42.6 Å². The highest BCUT2D eigenvalue weighted by atomic mass is 127. The Morgan fingerprint density at radius 2 is 1.59 bits per heavy atom. The van der Waals surface area contributed by atoms with Gasteiger partial charge in [-0.1, -0.05) is 36.4 Å². The van der Waals surface area contributed by atoms with E-state index in [1.54, 1.807) is 14.2 Å². The molecule has 0 aliphatic carbocycles. The molecular weight excluding hydrogens is 479 g/mol. The second-order valence-corrected chi connectivity index (χ2v) is 6.61. The Morgan fingerprint density at radius 1 is 0.966 bits per heavy atom. The van der Waals surface area contributed by atoms with Crippen LogP contribution in [0.5, 0.6) is 11.5 Å². The first-order chi connectivity index (χ1) is 13.6. The van der Waals surface area contributed by atoms with Crippen molar-refractivity contribution in [1.29, 1.82) is 0 Å². The molecule has 0 radical (unpaired) electrons. The minimum absolute atomic E-state index is 0. The number of rotatable bonds is 9. The number of ether oxygens (including phenoxy) is 2. The largest absolute Gasteiger partial charge is 0.496 e. The molecule has 0 amide bonds. The van der Waals surface area contributed by atoms with Crippen molar-refractivity contribution in [2.24, 2.45) is 4.99 Å². The van der Waals surface area contributed by atoms with Crippen molar-refractivity contribution in [3.63, 3.8) is 0 Å². The van der Waals surface area contributed by atoms with Crippen molar-refractivity contribution in [3.05, 3.63) is 59.7 Å². The van der Waals surface area contributed by atoms with Crippen LogP contribution in [0.1, 0.15) is 24.1 Å². The second-order valence-electron chi connectivity index (χ2n) is 6.61. The number of hydrogen-bond acceptors (Lipinski definition) is 4. The van der Waals surface area contributed by atoms with E-state index in [9.17, 15) is 0 Å². The van der Waals surface area contributed by atoms with Gasteiger partial charge < -0.3 is 25.0 Å². The van der Waals surface area contributed by atoms with E-state index in [1.165, 1.54) is 0 Å². The SMILES string of the molecule is CCNC(=NCc1ccccc1OC)NCC(c1ccccc1OC)N(C)C.I. The highest BCUT2D eigenvalue weighted by Gasteiger charge is 2.18. The minimum atomic E-state index is 0. The number of likely N-dealkylation sites (N-methyl/N-ethyl adjacent to an activating group) is 1. The zero-order valence-corrected chi connectivity index (χ0v) is 20.3. The van der Waals surface area contributed by atoms with Gasteiger partial charge in [0.25, 0.3) is 0 Å². The average molecular weight is 512 g/mol. The lowest BCUT2D eigenvalue weighted by Gasteiger charge is -2.27. The number of nitrogens with zero attached hydrogens (tertiary/aromatic N) is 2. The molecule has 2 N–H and O–H groups in total. The highest BCUT2D eigenvalue weighted by Crippen LogP contribution is 2.27. The van der Waals surface area contributed by atoms with Crippen LogP contribution in [0.25, 0.3) is 0 Å². The van der Waals surface area contributed by atoms with Gasteiger partial charge in [-0.25, -0.2) is 4.99 Å². The quantitative estimate of drug-likeness (QED) is 0.305. The maximum absolute atomic E-state index is 5.55. The number of para-hydroxylation sites is 2. The molecule has 0 heterocycles. The zero-order valence-electron chi connectivity index (χ0n) is 17.9. The predicted molar refractivity (Wildman–Crippen MR) is 131 cm³/mol. The number of benzene rings is 2. The van der Waals surface area contributed by atoms with Crippen LogP contribution in [-0.4, -0.2) is 52.3 Å². The molecule has 7 heteroatoms. The fourth-order valence-electron chi connectivity index (χ4n) is 3.05. The molecule has 29 heavy (non-hydrogen) atoms. The van der Waals surface area contributed by atoms with Crippen molar-refractivity contribution in [2.45, 2.75) is 19.5 Å². The zero-order chi connectivity index (χ0) is 20.4. The first-order valence-corrected chi connectivity index (χ1v) is 9.54. The van der Waals surface area contributed by atoms with Crippen LogP contribution in [0.3, 0.4) is 0 Å². The van der Waals surface area contributed by atoms with E-state index >= 15 is 0 Å². The van der Waals surface area contributed by atoms with Crippen LogP contribution >= 0.6 is 24.0 Å². The molecule has 1 unspecified atom stereocenters. The van der Waals surface area contributed by atoms with Crippen LogP contribution in [-0.2, 0) is 6.54 Å². The van der Waals surface area contributed by atoms with E-state index in [-0.39, 0.29) is 30.0 Å². The predicted octanol–water partition coefficient (Wildman–Crippen LogP) is 3.68. The molecule has 1 atom stereocenters. The molecule has 0 bridgehead atoms. The number of aliphatic imine (C=N–C) groups is 1. The first-order valence-electron chi connectivity index (χ1n) is 9.54. The van der Waals surface area contributed by atoms with Crippen LogP contribution in [0.15, 0.2) is 53.5 Å². The highest BCUT2D eigenvalue weighted by molar-refractivity contribution is 14.0. The smallest absolute Gasteiger partial charge is 0.191 e. The Hall–Kier alpha value is -2.00. The normalized spacial score (nSPS) is 12.1. The van der Waals surface area contributed by atoms with Gasteiger partial charge >= 0.3 is 0 Å². The van der Waals surface area contributed by atoms with E-state index in [1.807, 2.05) is 42.5 Å². The summed E-state index contributed by atoms with van der Waals surface area (Å²) in [5.74, 6) is 2.51. The van der Waals surface area contributed by atoms with Crippen LogP contribution in [0, 0.1) is 0 Å². The van der Waals surface area contributed by atoms with Gasteiger partial charge in [-0.05, 0) is 33.2 Å². The topological polar surface area (TPSA) is 58.1 Å². The lowest BCUT2D eigenvalue weighted by molar-refractivity contribution is 0.287. The Morgan fingerprint density at radius 3 is 2.21 bits per heavy atom. The molecule has 6 nitrogen and oxygen atoms in total. The van der Waals surface area contributed by atoms with Gasteiger partial charge in [0.05, 0.1) is 26.8 Å². The number of methoxy groups -OCH3 is 2. The van der Waals surface area contributed by atoms with Gasteiger partial charge in [0.2, 0.25) is 0 Å². The maximum Gasteiger partial charge on any atom is 0.191 e. The van der Waals surface area contributed by atoms with E-state index in [4.69, 9.17) is 14.5 Å². The lowest BCUT2D eigenvalue weighted by Crippen LogP contribution is -2.41. The van der Waals surface area contributed by atoms with Crippen LogP contribution < -0.4 is 20.1 Å². The minimum Gasteiger partial charge on any atom is -0.496 e. The van der Waals surface area contributed by atoms with E-state index < -0.39 is 0 Å². The average Bonchev–Trinajstić information content (AvgIpc) is 2.72. The molecule has 160 valence electrons. The van der Waals surface area contributed by atoms with Gasteiger partial charge in [-0.2, -0.15) is 0 Å². The van der Waals surface area contributed by atoms with Gasteiger partial charge in [0.15, 0.2) is 5.96 Å². The van der Waals surface area contributed by atoms with Crippen LogP contribution in [0.4, 0.5) is 0 Å². The fraction of sp³-hybridized carbons (Fsp3) is 0.409. The lowest BCUT2D eigenvalue weighted by atomic mass is 10.0. The van der Waals surface area contributed by atoms with E-state index in [0.29, 0.717) is 13.1 Å². The van der Waals surface area contributed by atoms with Gasteiger partial charge in [0.1, 0.15) is 11.5 Å². The summed E-state index contributed by atoms with van der Waals surface area (Å²) in [6.45, 7) is 4.09. The van der Waals surface area contributed by atoms with Gasteiger partial charge in [-0.3, -0.25) is 0 Å². The number of hydrogen-bond donors (Lipinski definition) is 2. The summed E-state index contributed by atoms with van der Waals surface area (Å²) in [5.41, 5.74) is 2.19. The summed E-state index contributed by atoms with van der Waals surface area (Å²) >= 11 is 0. The van der Waals surface area contributed by atoms with Crippen LogP contribution in [0.2, 0.25) is 0 Å². The monoisotopic (exact) mass is 512 g/mol. The summed E-state index contributed by atoms with van der Waals surface area (Å²) in [7, 11) is 7.52. The summed E-state index contributed by atoms with van der Waals surface area (Å²) in [6.07, 6.45) is 0. The molecule has 0 aliphatic rings. The maximum atomic E-state index is 5.55.